The van der Waals surface area contributed by atoms with E-state index in [0.29, 0.717) is 25.3 Å². The molecule has 0 saturated carbocycles. The highest BCUT2D eigenvalue weighted by Crippen LogP contribution is 2.14. The van der Waals surface area contributed by atoms with E-state index < -0.39 is 12.0 Å². The molecule has 2 saturated heterocycles. The van der Waals surface area contributed by atoms with Gasteiger partial charge in [0.15, 0.2) is 5.11 Å². The lowest BCUT2D eigenvalue weighted by Crippen LogP contribution is -2.60. The van der Waals surface area contributed by atoms with Crippen LogP contribution in [0.2, 0.25) is 0 Å². The van der Waals surface area contributed by atoms with Gasteiger partial charge in [-0.05, 0) is 44.1 Å². The first-order chi connectivity index (χ1) is 13.9. The lowest BCUT2D eigenvalue weighted by molar-refractivity contribution is -0.150. The summed E-state index contributed by atoms with van der Waals surface area (Å²) in [5.74, 6) is -1.18. The van der Waals surface area contributed by atoms with Crippen molar-refractivity contribution in [2.45, 2.75) is 38.3 Å². The third-order valence-electron chi connectivity index (χ3n) is 4.94. The molecule has 2 aliphatic rings. The van der Waals surface area contributed by atoms with Gasteiger partial charge in [-0.3, -0.25) is 19.7 Å². The Morgan fingerprint density at radius 2 is 2.10 bits per heavy atom. The number of benzene rings is 1. The van der Waals surface area contributed by atoms with Crippen LogP contribution in [0.1, 0.15) is 35.2 Å². The predicted octanol–water partition coefficient (Wildman–Crippen LogP) is 0.922. The fourth-order valence-electron chi connectivity index (χ4n) is 3.29. The van der Waals surface area contributed by atoms with Gasteiger partial charge in [-0.15, -0.1) is 0 Å². The average molecular weight is 420 g/mol. The van der Waals surface area contributed by atoms with Crippen LogP contribution in [0, 0.1) is 6.92 Å². The molecule has 1 aromatic carbocycles. The summed E-state index contributed by atoms with van der Waals surface area (Å²) in [7, 11) is 0. The van der Waals surface area contributed by atoms with E-state index in [-0.39, 0.29) is 36.1 Å². The fourth-order valence-corrected chi connectivity index (χ4v) is 3.60. The number of ether oxygens (including phenoxy) is 2. The Labute approximate surface area is 174 Å². The number of amides is 2. The summed E-state index contributed by atoms with van der Waals surface area (Å²) in [4.78, 5) is 38.6. The van der Waals surface area contributed by atoms with Crippen LogP contribution in [0.25, 0.3) is 0 Å². The summed E-state index contributed by atoms with van der Waals surface area (Å²) in [6, 6.07) is 6.25. The Morgan fingerprint density at radius 1 is 1.34 bits per heavy atom. The number of rotatable bonds is 5. The monoisotopic (exact) mass is 419 g/mol. The summed E-state index contributed by atoms with van der Waals surface area (Å²) in [5, 5.41) is 5.49. The number of hydrogen-bond donors (Lipinski definition) is 2. The molecule has 9 heteroatoms. The van der Waals surface area contributed by atoms with Crippen molar-refractivity contribution in [1.82, 2.24) is 15.5 Å². The quantitative estimate of drug-likeness (QED) is 0.541. The zero-order chi connectivity index (χ0) is 20.8. The minimum atomic E-state index is -0.827. The number of hydrogen-bond acceptors (Lipinski definition) is 6. The van der Waals surface area contributed by atoms with Crippen LogP contribution in [0.4, 0.5) is 0 Å². The molecule has 156 valence electrons. The van der Waals surface area contributed by atoms with Crippen LogP contribution in [-0.2, 0) is 19.1 Å². The van der Waals surface area contributed by atoms with E-state index in [1.165, 1.54) is 0 Å². The summed E-state index contributed by atoms with van der Waals surface area (Å²) >= 11 is 5.35. The smallest absolute Gasteiger partial charge is 0.308 e. The van der Waals surface area contributed by atoms with Crippen molar-refractivity contribution in [3.05, 3.63) is 35.4 Å². The van der Waals surface area contributed by atoms with E-state index >= 15 is 0 Å². The Balaban J connectivity index is 1.58. The molecule has 0 spiro atoms. The van der Waals surface area contributed by atoms with E-state index in [0.717, 1.165) is 18.4 Å². The molecule has 2 fully saturated rings. The van der Waals surface area contributed by atoms with E-state index in [1.807, 2.05) is 19.1 Å². The van der Waals surface area contributed by atoms with Crippen LogP contribution < -0.4 is 10.6 Å². The molecule has 3 rings (SSSR count). The first-order valence-electron chi connectivity index (χ1n) is 9.67. The van der Waals surface area contributed by atoms with Gasteiger partial charge in [-0.1, -0.05) is 17.7 Å². The highest BCUT2D eigenvalue weighted by atomic mass is 32.1. The maximum atomic E-state index is 12.4. The molecule has 0 bridgehead atoms. The van der Waals surface area contributed by atoms with Crippen LogP contribution in [0.3, 0.4) is 0 Å². The first kappa shape index (κ1) is 21.2. The third kappa shape index (κ3) is 5.74. The van der Waals surface area contributed by atoms with Gasteiger partial charge in [0.25, 0.3) is 5.91 Å². The van der Waals surface area contributed by atoms with Gasteiger partial charge in [0.05, 0.1) is 12.5 Å². The Kier molecular flexibility index (Phi) is 7.16. The molecule has 29 heavy (non-hydrogen) atoms. The molecule has 2 atom stereocenters. The zero-order valence-corrected chi connectivity index (χ0v) is 17.1. The van der Waals surface area contributed by atoms with Gasteiger partial charge in [-0.2, -0.15) is 0 Å². The standard InChI is InChI=1S/C20H25N3O5S/c1-13-4-6-14(7-5-13)18(25)22-20(29)23-9-8-21-19(26)16(23)11-17(24)28-12-15-3-2-10-27-15/h4-7,15-16H,2-3,8-12H2,1H3,(H,21,26)(H,22,25,29)/t15-,16+/m1/s1. The minimum Gasteiger partial charge on any atom is -0.463 e. The van der Waals surface area contributed by atoms with Gasteiger partial charge >= 0.3 is 5.97 Å². The number of piperazine rings is 1. The zero-order valence-electron chi connectivity index (χ0n) is 16.3. The largest absolute Gasteiger partial charge is 0.463 e. The second kappa shape index (κ2) is 9.80. The molecular formula is C20H25N3O5S. The second-order valence-electron chi connectivity index (χ2n) is 7.15. The second-order valence-corrected chi connectivity index (χ2v) is 7.53. The number of aryl methyl sites for hydroxylation is 1. The van der Waals surface area contributed by atoms with Crippen molar-refractivity contribution >= 4 is 35.1 Å². The van der Waals surface area contributed by atoms with Crippen LogP contribution in [-0.4, -0.2) is 66.2 Å². The number of thiocarbonyl (C=S) groups is 1. The number of carbonyl (C=O) groups excluding carboxylic acids is 3. The Bertz CT molecular complexity index is 777. The summed E-state index contributed by atoms with van der Waals surface area (Å²) in [6.45, 7) is 3.56. The van der Waals surface area contributed by atoms with E-state index in [4.69, 9.17) is 21.7 Å². The molecule has 0 radical (unpaired) electrons. The molecule has 0 aromatic heterocycles. The van der Waals surface area contributed by atoms with Crippen LogP contribution in [0.5, 0.6) is 0 Å². The Hall–Kier alpha value is -2.52. The van der Waals surface area contributed by atoms with Crippen molar-refractivity contribution < 1.29 is 23.9 Å². The Morgan fingerprint density at radius 3 is 2.79 bits per heavy atom. The number of nitrogens with one attached hydrogen (secondary N) is 2. The number of nitrogens with zero attached hydrogens (tertiary/aromatic N) is 1. The van der Waals surface area contributed by atoms with Gasteiger partial charge < -0.3 is 19.7 Å². The molecule has 2 amide bonds. The minimum absolute atomic E-state index is 0.0786. The third-order valence-corrected chi connectivity index (χ3v) is 5.28. The number of esters is 1. The summed E-state index contributed by atoms with van der Waals surface area (Å²) < 4.78 is 10.7. The van der Waals surface area contributed by atoms with Crippen molar-refractivity contribution in [2.24, 2.45) is 0 Å². The van der Waals surface area contributed by atoms with E-state index in [9.17, 15) is 14.4 Å². The molecule has 1 aromatic rings. The first-order valence-corrected chi connectivity index (χ1v) is 10.1. The molecule has 0 unspecified atom stereocenters. The SMILES string of the molecule is Cc1ccc(C(=O)NC(=S)N2CCNC(=O)[C@@H]2CC(=O)OC[C@H]2CCCO2)cc1. The van der Waals surface area contributed by atoms with Gasteiger partial charge in [0.1, 0.15) is 12.6 Å². The van der Waals surface area contributed by atoms with Gasteiger partial charge in [0, 0.05) is 25.3 Å². The highest BCUT2D eigenvalue weighted by molar-refractivity contribution is 7.80. The molecule has 2 heterocycles. The maximum absolute atomic E-state index is 12.4. The summed E-state index contributed by atoms with van der Waals surface area (Å²) in [6.07, 6.45) is 1.58. The van der Waals surface area contributed by atoms with Gasteiger partial charge in [0.2, 0.25) is 5.91 Å². The van der Waals surface area contributed by atoms with Gasteiger partial charge in [-0.25, -0.2) is 0 Å². The van der Waals surface area contributed by atoms with Crippen LogP contribution >= 0.6 is 12.2 Å². The lowest BCUT2D eigenvalue weighted by atomic mass is 10.1. The van der Waals surface area contributed by atoms with Crippen LogP contribution in [0.15, 0.2) is 24.3 Å². The lowest BCUT2D eigenvalue weighted by Gasteiger charge is -2.36. The summed E-state index contributed by atoms with van der Waals surface area (Å²) in [5.41, 5.74) is 1.50. The molecule has 2 aliphatic heterocycles. The fraction of sp³-hybridized carbons (Fsp3) is 0.500. The van der Waals surface area contributed by atoms with E-state index in [1.54, 1.807) is 17.0 Å². The molecule has 0 aliphatic carbocycles. The maximum Gasteiger partial charge on any atom is 0.308 e. The highest BCUT2D eigenvalue weighted by Gasteiger charge is 2.34. The van der Waals surface area contributed by atoms with Crippen molar-refractivity contribution in [3.8, 4) is 0 Å². The van der Waals surface area contributed by atoms with E-state index in [2.05, 4.69) is 10.6 Å². The molecular weight excluding hydrogens is 394 g/mol. The number of carbonyl (C=O) groups is 3. The predicted molar refractivity (Wildman–Crippen MR) is 109 cm³/mol. The average Bonchev–Trinajstić information content (AvgIpc) is 3.22. The van der Waals surface area contributed by atoms with Crippen molar-refractivity contribution in [2.75, 3.05) is 26.3 Å². The normalized spacial score (nSPS) is 21.4. The molecule has 2 N–H and O–H groups in total. The van der Waals surface area contributed by atoms with Crippen molar-refractivity contribution in [1.29, 1.82) is 0 Å². The molecule has 8 nitrogen and oxygen atoms in total. The van der Waals surface area contributed by atoms with Crippen molar-refractivity contribution in [3.63, 3.8) is 0 Å². The topological polar surface area (TPSA) is 97.0 Å².